The van der Waals surface area contributed by atoms with Gasteiger partial charge in [-0.15, -0.1) is 0 Å². The SMILES string of the molecule is Cc1ccccc1NC(=O)CC1SC(=Nc2ccc3c(c2)OCCO3)NC1=O. The largest absolute Gasteiger partial charge is 0.486 e. The summed E-state index contributed by atoms with van der Waals surface area (Å²) in [6.45, 7) is 2.94. The monoisotopic (exact) mass is 397 g/mol. The van der Waals surface area contributed by atoms with Crippen molar-refractivity contribution < 1.29 is 19.1 Å². The van der Waals surface area contributed by atoms with Crippen molar-refractivity contribution in [1.29, 1.82) is 0 Å². The Morgan fingerprint density at radius 2 is 2.00 bits per heavy atom. The summed E-state index contributed by atoms with van der Waals surface area (Å²) in [6, 6.07) is 12.9. The number of amidine groups is 1. The first-order valence-corrected chi connectivity index (χ1v) is 9.78. The highest BCUT2D eigenvalue weighted by Crippen LogP contribution is 2.34. The van der Waals surface area contributed by atoms with Crippen LogP contribution in [0.15, 0.2) is 47.5 Å². The van der Waals surface area contributed by atoms with Crippen molar-refractivity contribution in [3.63, 3.8) is 0 Å². The molecule has 0 radical (unpaired) electrons. The number of thioether (sulfide) groups is 1. The number of fused-ring (bicyclic) bond motifs is 1. The van der Waals surface area contributed by atoms with Crippen molar-refractivity contribution in [2.24, 2.45) is 4.99 Å². The van der Waals surface area contributed by atoms with Gasteiger partial charge in [-0.05, 0) is 30.7 Å². The Morgan fingerprint density at radius 3 is 2.82 bits per heavy atom. The van der Waals surface area contributed by atoms with Gasteiger partial charge < -0.3 is 20.1 Å². The first-order chi connectivity index (χ1) is 13.6. The summed E-state index contributed by atoms with van der Waals surface area (Å²) in [5, 5.41) is 5.54. The topological polar surface area (TPSA) is 89.0 Å². The van der Waals surface area contributed by atoms with Crippen LogP contribution in [0.4, 0.5) is 11.4 Å². The number of hydrogen-bond donors (Lipinski definition) is 2. The second-order valence-electron chi connectivity index (χ2n) is 6.41. The lowest BCUT2D eigenvalue weighted by Crippen LogP contribution is -2.28. The molecule has 0 aliphatic carbocycles. The summed E-state index contributed by atoms with van der Waals surface area (Å²) in [7, 11) is 0. The van der Waals surface area contributed by atoms with Crippen molar-refractivity contribution in [3.8, 4) is 11.5 Å². The molecule has 2 aliphatic rings. The predicted octanol–water partition coefficient (Wildman–Crippen LogP) is 3.01. The highest BCUT2D eigenvalue weighted by molar-refractivity contribution is 8.15. The van der Waals surface area contributed by atoms with E-state index in [1.54, 1.807) is 18.2 Å². The van der Waals surface area contributed by atoms with Crippen molar-refractivity contribution in [2.45, 2.75) is 18.6 Å². The molecule has 0 spiro atoms. The maximum atomic E-state index is 12.3. The Labute approximate surface area is 166 Å². The molecule has 0 saturated carbocycles. The summed E-state index contributed by atoms with van der Waals surface area (Å²) in [6.07, 6.45) is 0.0744. The molecule has 2 amide bonds. The van der Waals surface area contributed by atoms with Crippen LogP contribution < -0.4 is 20.1 Å². The number of hydrogen-bond acceptors (Lipinski definition) is 6. The molecule has 1 unspecified atom stereocenters. The average molecular weight is 397 g/mol. The van der Waals surface area contributed by atoms with E-state index in [1.165, 1.54) is 11.8 Å². The fourth-order valence-electron chi connectivity index (χ4n) is 2.89. The molecular formula is C20H19N3O4S. The molecule has 2 aliphatic heterocycles. The number of anilines is 1. The van der Waals surface area contributed by atoms with E-state index in [4.69, 9.17) is 9.47 Å². The second kappa shape index (κ2) is 7.93. The third-order valence-electron chi connectivity index (χ3n) is 4.32. The Hall–Kier alpha value is -3.00. The summed E-state index contributed by atoms with van der Waals surface area (Å²) in [4.78, 5) is 29.0. The van der Waals surface area contributed by atoms with Crippen LogP contribution in [0.25, 0.3) is 0 Å². The van der Waals surface area contributed by atoms with Gasteiger partial charge in [-0.1, -0.05) is 30.0 Å². The van der Waals surface area contributed by atoms with Gasteiger partial charge in [-0.2, -0.15) is 0 Å². The molecule has 2 N–H and O–H groups in total. The minimum Gasteiger partial charge on any atom is -0.486 e. The number of benzene rings is 2. The maximum Gasteiger partial charge on any atom is 0.240 e. The first kappa shape index (κ1) is 18.4. The standard InChI is InChI=1S/C20H19N3O4S/c1-12-4-2-3-5-14(12)22-18(24)11-17-19(25)23-20(28-17)21-13-6-7-15-16(10-13)27-9-8-26-15/h2-7,10,17H,8-9,11H2,1H3,(H,22,24)(H,21,23,25). The summed E-state index contributed by atoms with van der Waals surface area (Å²) < 4.78 is 11.0. The zero-order valence-corrected chi connectivity index (χ0v) is 16.0. The highest BCUT2D eigenvalue weighted by atomic mass is 32.2. The van der Waals surface area contributed by atoms with Crippen LogP contribution in [0.1, 0.15) is 12.0 Å². The number of aliphatic imine (C=N–C) groups is 1. The van der Waals surface area contributed by atoms with E-state index >= 15 is 0 Å². The lowest BCUT2D eigenvalue weighted by atomic mass is 10.2. The Bertz CT molecular complexity index is 960. The summed E-state index contributed by atoms with van der Waals surface area (Å²) in [5.41, 5.74) is 2.37. The molecule has 7 nitrogen and oxygen atoms in total. The van der Waals surface area contributed by atoms with E-state index in [0.717, 1.165) is 11.3 Å². The molecule has 2 aromatic carbocycles. The molecule has 0 aromatic heterocycles. The molecule has 144 valence electrons. The van der Waals surface area contributed by atoms with Crippen LogP contribution in [-0.4, -0.2) is 35.4 Å². The number of amides is 2. The third kappa shape index (κ3) is 4.12. The van der Waals surface area contributed by atoms with Crippen LogP contribution in [0.3, 0.4) is 0 Å². The fourth-order valence-corrected chi connectivity index (χ4v) is 3.88. The molecule has 8 heteroatoms. The van der Waals surface area contributed by atoms with Crippen molar-refractivity contribution in [2.75, 3.05) is 18.5 Å². The van der Waals surface area contributed by atoms with Crippen LogP contribution in [0.2, 0.25) is 0 Å². The van der Waals surface area contributed by atoms with E-state index < -0.39 is 5.25 Å². The van der Waals surface area contributed by atoms with Crippen LogP contribution in [0.5, 0.6) is 11.5 Å². The third-order valence-corrected chi connectivity index (χ3v) is 5.40. The van der Waals surface area contributed by atoms with Gasteiger partial charge in [0.2, 0.25) is 11.8 Å². The van der Waals surface area contributed by atoms with Gasteiger partial charge >= 0.3 is 0 Å². The quantitative estimate of drug-likeness (QED) is 0.828. The van der Waals surface area contributed by atoms with E-state index in [1.807, 2.05) is 31.2 Å². The normalized spacial score (nSPS) is 19.4. The zero-order valence-electron chi connectivity index (χ0n) is 15.2. The number of carbonyl (C=O) groups excluding carboxylic acids is 2. The Balaban J connectivity index is 1.40. The average Bonchev–Trinajstić information content (AvgIpc) is 3.02. The molecule has 1 fully saturated rings. The Kier molecular flexibility index (Phi) is 5.21. The number of nitrogens with one attached hydrogen (secondary N) is 2. The molecule has 2 heterocycles. The van der Waals surface area contributed by atoms with Gasteiger partial charge in [0.1, 0.15) is 18.5 Å². The predicted molar refractivity (Wildman–Crippen MR) is 108 cm³/mol. The van der Waals surface area contributed by atoms with Crippen molar-refractivity contribution in [1.82, 2.24) is 5.32 Å². The van der Waals surface area contributed by atoms with Gasteiger partial charge in [0, 0.05) is 18.2 Å². The number of ether oxygens (including phenoxy) is 2. The Morgan fingerprint density at radius 1 is 1.21 bits per heavy atom. The molecule has 1 saturated heterocycles. The van der Waals surface area contributed by atoms with Gasteiger partial charge in [-0.25, -0.2) is 4.99 Å². The fraction of sp³-hybridized carbons (Fsp3) is 0.250. The number of aryl methyl sites for hydroxylation is 1. The zero-order chi connectivity index (χ0) is 19.5. The van der Waals surface area contributed by atoms with E-state index in [9.17, 15) is 9.59 Å². The van der Waals surface area contributed by atoms with Crippen LogP contribution in [-0.2, 0) is 9.59 Å². The number of rotatable bonds is 4. The van der Waals surface area contributed by atoms with Gasteiger partial charge in [-0.3, -0.25) is 9.59 Å². The molecule has 28 heavy (non-hydrogen) atoms. The van der Waals surface area contributed by atoms with Crippen molar-refractivity contribution in [3.05, 3.63) is 48.0 Å². The maximum absolute atomic E-state index is 12.3. The van der Waals surface area contributed by atoms with E-state index in [0.29, 0.717) is 35.6 Å². The smallest absolute Gasteiger partial charge is 0.240 e. The molecule has 4 rings (SSSR count). The molecule has 1 atom stereocenters. The highest BCUT2D eigenvalue weighted by Gasteiger charge is 2.32. The number of nitrogens with zero attached hydrogens (tertiary/aromatic N) is 1. The van der Waals surface area contributed by atoms with Crippen LogP contribution >= 0.6 is 11.8 Å². The molecular weight excluding hydrogens is 378 g/mol. The van der Waals surface area contributed by atoms with Gasteiger partial charge in [0.15, 0.2) is 16.7 Å². The van der Waals surface area contributed by atoms with Crippen molar-refractivity contribution >= 4 is 40.1 Å². The summed E-state index contributed by atoms with van der Waals surface area (Å²) in [5.74, 6) is 0.893. The molecule has 2 aromatic rings. The second-order valence-corrected chi connectivity index (χ2v) is 7.60. The van der Waals surface area contributed by atoms with Gasteiger partial charge in [0.25, 0.3) is 0 Å². The van der Waals surface area contributed by atoms with E-state index in [-0.39, 0.29) is 18.2 Å². The number of carbonyl (C=O) groups is 2. The van der Waals surface area contributed by atoms with Crippen LogP contribution in [0, 0.1) is 6.92 Å². The van der Waals surface area contributed by atoms with Gasteiger partial charge in [0.05, 0.1) is 5.69 Å². The lowest BCUT2D eigenvalue weighted by molar-refractivity contribution is -0.122. The van der Waals surface area contributed by atoms with E-state index in [2.05, 4.69) is 15.6 Å². The summed E-state index contributed by atoms with van der Waals surface area (Å²) >= 11 is 1.25. The number of para-hydroxylation sites is 1. The molecule has 0 bridgehead atoms. The first-order valence-electron chi connectivity index (χ1n) is 8.90. The lowest BCUT2D eigenvalue weighted by Gasteiger charge is -2.18. The minimum atomic E-state index is -0.514. The minimum absolute atomic E-state index is 0.0744.